The summed E-state index contributed by atoms with van der Waals surface area (Å²) in [4.78, 5) is 12.3. The number of carbonyl (C=O) groups is 1. The number of rotatable bonds is 10. The number of halogens is 1. The van der Waals surface area contributed by atoms with Crippen LogP contribution in [-0.2, 0) is 32.3 Å². The van der Waals surface area contributed by atoms with Gasteiger partial charge in [0, 0.05) is 0 Å². The maximum Gasteiger partial charge on any atom is 0.308 e. The quantitative estimate of drug-likeness (QED) is 0.125. The minimum absolute atomic E-state index is 0.0168. The van der Waals surface area contributed by atoms with E-state index in [0.717, 1.165) is 12.8 Å². The number of ether oxygens (including phenoxy) is 3. The van der Waals surface area contributed by atoms with Crippen LogP contribution in [-0.4, -0.2) is 80.8 Å². The van der Waals surface area contributed by atoms with Crippen LogP contribution in [0.4, 0.5) is 0 Å². The summed E-state index contributed by atoms with van der Waals surface area (Å²) >= 11 is 2.29. The number of esters is 1. The lowest BCUT2D eigenvalue weighted by molar-refractivity contribution is -0.266. The second-order valence-electron chi connectivity index (χ2n) is 17.1. The Hall–Kier alpha value is 0.391. The van der Waals surface area contributed by atoms with Gasteiger partial charge in [0.2, 0.25) is 0 Å². The van der Waals surface area contributed by atoms with Crippen molar-refractivity contribution < 1.29 is 32.3 Å². The molecule has 0 saturated carbocycles. The molecule has 0 aromatic heterocycles. The second-order valence-corrected chi connectivity index (χ2v) is 32.1. The molecule has 2 aliphatic heterocycles. The molecule has 11 heteroatoms. The third-order valence-corrected chi connectivity index (χ3v) is 24.5. The van der Waals surface area contributed by atoms with E-state index in [1.165, 1.54) is 7.11 Å². The first-order valence-corrected chi connectivity index (χ1v) is 25.9. The first-order valence-electron chi connectivity index (χ1n) is 16.0. The Morgan fingerprint density at radius 1 is 0.814 bits per heavy atom. The van der Waals surface area contributed by atoms with Crippen molar-refractivity contribution in [1.82, 2.24) is 0 Å². The summed E-state index contributed by atoms with van der Waals surface area (Å²) in [6.45, 7) is 34.1. The van der Waals surface area contributed by atoms with Crippen LogP contribution in [0.25, 0.3) is 0 Å². The molecule has 0 radical (unpaired) electrons. The summed E-state index contributed by atoms with van der Waals surface area (Å²) in [7, 11) is -5.36. The first kappa shape index (κ1) is 39.6. The van der Waals surface area contributed by atoms with Crippen molar-refractivity contribution >= 4 is 53.5 Å². The van der Waals surface area contributed by atoms with Gasteiger partial charge in [0.25, 0.3) is 0 Å². The molecule has 2 heterocycles. The van der Waals surface area contributed by atoms with Gasteiger partial charge in [-0.25, -0.2) is 0 Å². The molecular weight excluding hydrogens is 708 g/mol. The van der Waals surface area contributed by atoms with E-state index >= 15 is 0 Å². The summed E-state index contributed by atoms with van der Waals surface area (Å²) in [5.41, 5.74) is 0. The smallest absolute Gasteiger partial charge is 0.308 e. The normalized spacial score (nSPS) is 29.0. The van der Waals surface area contributed by atoms with Gasteiger partial charge in [-0.3, -0.25) is 4.79 Å². The third kappa shape index (κ3) is 9.71. The molecule has 1 unspecified atom stereocenters. The average molecular weight is 771 g/mol. The second kappa shape index (κ2) is 14.2. The minimum Gasteiger partial charge on any atom is -0.469 e. The fourth-order valence-electron chi connectivity index (χ4n) is 4.77. The van der Waals surface area contributed by atoms with Crippen LogP contribution in [0.1, 0.15) is 81.6 Å². The lowest BCUT2D eigenvalue weighted by Crippen LogP contribution is -2.69. The van der Waals surface area contributed by atoms with Crippen LogP contribution in [0.15, 0.2) is 10.2 Å². The van der Waals surface area contributed by atoms with Crippen LogP contribution in [0.2, 0.25) is 54.4 Å². The topological polar surface area (TPSA) is 72.5 Å². The Morgan fingerprint density at radius 2 is 1.30 bits per heavy atom. The monoisotopic (exact) mass is 770 g/mol. The number of hydrogen-bond donors (Lipinski definition) is 0. The van der Waals surface area contributed by atoms with Gasteiger partial charge in [0.1, 0.15) is 24.4 Å². The van der Waals surface area contributed by atoms with E-state index in [1.54, 1.807) is 0 Å². The fourth-order valence-corrected chi connectivity index (χ4v) is 9.03. The molecule has 7 atom stereocenters. The molecule has 2 saturated heterocycles. The summed E-state index contributed by atoms with van der Waals surface area (Å²) < 4.78 is 42.8. The summed E-state index contributed by atoms with van der Waals surface area (Å²) in [6.07, 6.45) is 1.61. The Labute approximate surface area is 280 Å². The third-order valence-electron chi connectivity index (χ3n) is 10.7. The molecule has 252 valence electrons. The lowest BCUT2D eigenvalue weighted by Gasteiger charge is -2.56. The summed E-state index contributed by atoms with van der Waals surface area (Å²) in [6, 6.07) is 0. The molecule has 2 fully saturated rings. The Balaban J connectivity index is 2.73. The number of methoxy groups -OCH3 is 1. The highest BCUT2D eigenvalue weighted by molar-refractivity contribution is 14.1. The molecule has 0 N–H and O–H groups in total. The van der Waals surface area contributed by atoms with Gasteiger partial charge in [0.15, 0.2) is 25.0 Å². The predicted octanol–water partition coefficient (Wildman–Crippen LogP) is 8.98. The van der Waals surface area contributed by atoms with Crippen LogP contribution in [0, 0.1) is 0 Å². The average Bonchev–Trinajstić information content (AvgIpc) is 2.82. The molecule has 2 aliphatic rings. The maximum absolute atomic E-state index is 12.3. The van der Waals surface area contributed by atoms with Crippen LogP contribution in [0.3, 0.4) is 0 Å². The summed E-state index contributed by atoms with van der Waals surface area (Å²) in [5, 5.41) is -0.00778. The molecule has 0 amide bonds. The Bertz CT molecular complexity index is 965. The zero-order chi connectivity index (χ0) is 33.4. The minimum atomic E-state index is -2.31. The summed E-state index contributed by atoms with van der Waals surface area (Å²) in [5.74, 6) is -0.260. The molecule has 0 spiro atoms. The molecule has 2 rings (SSSR count). The van der Waals surface area contributed by atoms with Gasteiger partial charge in [0.05, 0.1) is 31.8 Å². The van der Waals surface area contributed by atoms with E-state index in [2.05, 4.69) is 130 Å². The van der Waals surface area contributed by atoms with Gasteiger partial charge in [-0.05, 0) is 77.4 Å². The highest BCUT2D eigenvalue weighted by Crippen LogP contribution is 2.47. The Morgan fingerprint density at radius 3 is 1.74 bits per heavy atom. The van der Waals surface area contributed by atoms with Crippen molar-refractivity contribution in [1.29, 1.82) is 0 Å². The van der Waals surface area contributed by atoms with Crippen LogP contribution >= 0.6 is 22.6 Å². The van der Waals surface area contributed by atoms with Gasteiger partial charge in [-0.1, -0.05) is 84.9 Å². The first-order chi connectivity index (χ1) is 19.3. The van der Waals surface area contributed by atoms with Crippen molar-refractivity contribution in [3.8, 4) is 0 Å². The molecule has 0 aromatic rings. The van der Waals surface area contributed by atoms with Gasteiger partial charge >= 0.3 is 5.97 Å². The largest absolute Gasteiger partial charge is 0.469 e. The number of hydrogen-bond acceptors (Lipinski definition) is 7. The standard InChI is InChI=1S/C32H63IO7Si3/c1-30(2,3)41(11,12)38-24(19-20-33)27-29(40-43(15,16)32(7,8)9)28(39-42(13,14)31(4,5)6)26-23(37-27)18-17-22(36-26)21-25(34)35-10/h19-20,22-24,26-29H,17-18,21H2,1-16H3/b20-19+/t22-,23+,24?,26+,27+,28+,29-/m1/s1. The SMILES string of the molecule is COC(=O)C[C@H]1CC[C@@H]2O[C@@H](C(/C=C/I)O[Si](C)(C)C(C)(C)C)[C@@H](O[Si](C)(C)C(C)(C)C)[C@@H](O[Si](C)(C)C(C)(C)C)[C@H]2O1. The lowest BCUT2D eigenvalue weighted by atomic mass is 9.87. The maximum atomic E-state index is 12.3. The van der Waals surface area contributed by atoms with E-state index in [4.69, 9.17) is 27.5 Å². The van der Waals surface area contributed by atoms with Gasteiger partial charge < -0.3 is 27.5 Å². The van der Waals surface area contributed by atoms with Crippen molar-refractivity contribution in [2.24, 2.45) is 0 Å². The molecular formula is C32H63IO7Si3. The Kier molecular flexibility index (Phi) is 13.1. The molecule has 0 bridgehead atoms. The van der Waals surface area contributed by atoms with Gasteiger partial charge in [-0.2, -0.15) is 0 Å². The number of carbonyl (C=O) groups excluding carboxylic acids is 1. The van der Waals surface area contributed by atoms with E-state index in [0.29, 0.717) is 0 Å². The van der Waals surface area contributed by atoms with Crippen LogP contribution < -0.4 is 0 Å². The highest BCUT2D eigenvalue weighted by atomic mass is 127. The zero-order valence-electron chi connectivity index (χ0n) is 30.1. The van der Waals surface area contributed by atoms with Crippen LogP contribution in [0.5, 0.6) is 0 Å². The van der Waals surface area contributed by atoms with Gasteiger partial charge in [-0.15, -0.1) is 0 Å². The molecule has 43 heavy (non-hydrogen) atoms. The van der Waals surface area contributed by atoms with Crippen molar-refractivity contribution in [3.05, 3.63) is 10.2 Å². The van der Waals surface area contributed by atoms with E-state index in [-0.39, 0.29) is 64.1 Å². The molecule has 0 aromatic carbocycles. The molecule has 7 nitrogen and oxygen atoms in total. The predicted molar refractivity (Wildman–Crippen MR) is 193 cm³/mol. The molecule has 0 aliphatic carbocycles. The zero-order valence-corrected chi connectivity index (χ0v) is 35.2. The number of fused-ring (bicyclic) bond motifs is 1. The van der Waals surface area contributed by atoms with Crippen molar-refractivity contribution in [2.75, 3.05) is 7.11 Å². The van der Waals surface area contributed by atoms with Crippen molar-refractivity contribution in [2.45, 2.75) is 179 Å². The fraction of sp³-hybridized carbons (Fsp3) is 0.906. The van der Waals surface area contributed by atoms with E-state index in [9.17, 15) is 4.79 Å². The van der Waals surface area contributed by atoms with Crippen molar-refractivity contribution in [3.63, 3.8) is 0 Å². The van der Waals surface area contributed by atoms with E-state index in [1.807, 2.05) is 4.08 Å². The van der Waals surface area contributed by atoms with E-state index < -0.39 is 31.1 Å². The highest BCUT2D eigenvalue weighted by Gasteiger charge is 2.57.